The number of hydrogen-bond acceptors (Lipinski definition) is 4. The second kappa shape index (κ2) is 7.03. The fraction of sp³-hybridized carbons (Fsp3) is 0.136. The molecule has 4 rings (SSSR count). The van der Waals surface area contributed by atoms with Crippen molar-refractivity contribution in [2.45, 2.75) is 19.4 Å². The standard InChI is InChI=1S/C22H18N2O3/c1-14-6-5-9-20(23-14)24-21(25)16-10-11-18-17(12-16)13-19(27-22(18)26)15-7-3-2-4-8-15/h2-12,19H,13H2,1H3,(H,23,24,25)/t19-/m0/s1. The van der Waals surface area contributed by atoms with E-state index in [1.165, 1.54) is 0 Å². The first-order valence-corrected chi connectivity index (χ1v) is 8.74. The van der Waals surface area contributed by atoms with Gasteiger partial charge in [-0.15, -0.1) is 0 Å². The zero-order valence-electron chi connectivity index (χ0n) is 14.8. The number of ether oxygens (including phenoxy) is 1. The third-order valence-electron chi connectivity index (χ3n) is 4.54. The molecule has 1 N–H and O–H groups in total. The molecule has 0 fully saturated rings. The number of benzene rings is 2. The van der Waals surface area contributed by atoms with Gasteiger partial charge in [0.1, 0.15) is 11.9 Å². The van der Waals surface area contributed by atoms with Gasteiger partial charge in [0.15, 0.2) is 0 Å². The van der Waals surface area contributed by atoms with E-state index in [0.717, 1.165) is 16.8 Å². The molecule has 1 atom stereocenters. The average Bonchev–Trinajstić information content (AvgIpc) is 2.68. The van der Waals surface area contributed by atoms with Crippen LogP contribution in [0.1, 0.15) is 43.6 Å². The molecule has 0 saturated carbocycles. The minimum Gasteiger partial charge on any atom is -0.454 e. The molecule has 0 aliphatic carbocycles. The highest BCUT2D eigenvalue weighted by Gasteiger charge is 2.28. The number of anilines is 1. The molecule has 0 radical (unpaired) electrons. The Morgan fingerprint density at radius 1 is 1.07 bits per heavy atom. The Labute approximate surface area is 157 Å². The summed E-state index contributed by atoms with van der Waals surface area (Å²) in [6, 6.07) is 20.1. The lowest BCUT2D eigenvalue weighted by Crippen LogP contribution is -2.23. The molecule has 0 spiro atoms. The molecular weight excluding hydrogens is 340 g/mol. The van der Waals surface area contributed by atoms with E-state index in [2.05, 4.69) is 10.3 Å². The fourth-order valence-electron chi connectivity index (χ4n) is 3.19. The smallest absolute Gasteiger partial charge is 0.339 e. The minimum atomic E-state index is -0.364. The van der Waals surface area contributed by atoms with Gasteiger partial charge in [0, 0.05) is 17.7 Å². The van der Waals surface area contributed by atoms with Crippen LogP contribution in [0.25, 0.3) is 0 Å². The number of rotatable bonds is 3. The normalized spacial score (nSPS) is 15.6. The molecule has 0 saturated heterocycles. The van der Waals surface area contributed by atoms with Crippen LogP contribution in [0, 0.1) is 6.92 Å². The lowest BCUT2D eigenvalue weighted by atomic mass is 9.93. The van der Waals surface area contributed by atoms with Crippen molar-refractivity contribution < 1.29 is 14.3 Å². The molecular formula is C22H18N2O3. The van der Waals surface area contributed by atoms with Gasteiger partial charge in [0.2, 0.25) is 0 Å². The lowest BCUT2D eigenvalue weighted by molar-refractivity contribution is 0.0252. The Bertz CT molecular complexity index is 1020. The number of pyridine rings is 1. The summed E-state index contributed by atoms with van der Waals surface area (Å²) >= 11 is 0. The van der Waals surface area contributed by atoms with Crippen LogP contribution in [-0.2, 0) is 11.2 Å². The molecule has 1 aliphatic rings. The van der Waals surface area contributed by atoms with Gasteiger partial charge < -0.3 is 10.1 Å². The molecule has 3 aromatic rings. The number of cyclic esters (lactones) is 1. The van der Waals surface area contributed by atoms with Gasteiger partial charge in [0.05, 0.1) is 5.56 Å². The van der Waals surface area contributed by atoms with Gasteiger partial charge >= 0.3 is 5.97 Å². The Morgan fingerprint density at radius 3 is 2.67 bits per heavy atom. The summed E-state index contributed by atoms with van der Waals surface area (Å²) in [4.78, 5) is 29.2. The molecule has 1 aromatic heterocycles. The van der Waals surface area contributed by atoms with E-state index in [1.807, 2.05) is 49.4 Å². The highest BCUT2D eigenvalue weighted by molar-refractivity contribution is 6.04. The highest BCUT2D eigenvalue weighted by Crippen LogP contribution is 2.31. The molecule has 134 valence electrons. The van der Waals surface area contributed by atoms with Crippen LogP contribution < -0.4 is 5.32 Å². The lowest BCUT2D eigenvalue weighted by Gasteiger charge is -2.25. The van der Waals surface area contributed by atoms with E-state index in [0.29, 0.717) is 23.4 Å². The summed E-state index contributed by atoms with van der Waals surface area (Å²) in [5.74, 6) is -0.122. The van der Waals surface area contributed by atoms with Gasteiger partial charge in [0.25, 0.3) is 5.91 Å². The van der Waals surface area contributed by atoms with Crippen molar-refractivity contribution in [2.24, 2.45) is 0 Å². The maximum atomic E-state index is 12.6. The summed E-state index contributed by atoms with van der Waals surface area (Å²) in [7, 11) is 0. The quantitative estimate of drug-likeness (QED) is 0.716. The van der Waals surface area contributed by atoms with Gasteiger partial charge in [-0.2, -0.15) is 0 Å². The molecule has 27 heavy (non-hydrogen) atoms. The second-order valence-electron chi connectivity index (χ2n) is 6.50. The van der Waals surface area contributed by atoms with Crippen LogP contribution in [0.3, 0.4) is 0 Å². The Hall–Kier alpha value is -3.47. The summed E-state index contributed by atoms with van der Waals surface area (Å²) in [5, 5.41) is 2.79. The number of amides is 1. The van der Waals surface area contributed by atoms with Crippen molar-refractivity contribution in [3.8, 4) is 0 Å². The van der Waals surface area contributed by atoms with Crippen molar-refractivity contribution in [1.29, 1.82) is 0 Å². The highest BCUT2D eigenvalue weighted by atomic mass is 16.5. The Kier molecular flexibility index (Phi) is 4.42. The van der Waals surface area contributed by atoms with Crippen molar-refractivity contribution in [3.05, 3.63) is 94.7 Å². The van der Waals surface area contributed by atoms with Crippen molar-refractivity contribution >= 4 is 17.7 Å². The predicted molar refractivity (Wildman–Crippen MR) is 102 cm³/mol. The number of carbonyl (C=O) groups is 2. The number of nitrogens with one attached hydrogen (secondary N) is 1. The van der Waals surface area contributed by atoms with Crippen LogP contribution in [-0.4, -0.2) is 16.9 Å². The summed E-state index contributed by atoms with van der Waals surface area (Å²) in [5.41, 5.74) is 3.57. The van der Waals surface area contributed by atoms with Crippen LogP contribution in [0.5, 0.6) is 0 Å². The monoisotopic (exact) mass is 358 g/mol. The van der Waals surface area contributed by atoms with E-state index >= 15 is 0 Å². The predicted octanol–water partition coefficient (Wildman–Crippen LogP) is 4.10. The maximum Gasteiger partial charge on any atom is 0.339 e. The Morgan fingerprint density at radius 2 is 1.89 bits per heavy atom. The molecule has 2 heterocycles. The zero-order chi connectivity index (χ0) is 18.8. The molecule has 0 bridgehead atoms. The number of esters is 1. The number of hydrogen-bond donors (Lipinski definition) is 1. The van der Waals surface area contributed by atoms with Gasteiger partial charge in [-0.3, -0.25) is 4.79 Å². The maximum absolute atomic E-state index is 12.6. The number of aromatic nitrogens is 1. The van der Waals surface area contributed by atoms with Gasteiger partial charge in [-0.25, -0.2) is 9.78 Å². The van der Waals surface area contributed by atoms with Crippen LogP contribution in [0.4, 0.5) is 5.82 Å². The molecule has 2 aromatic carbocycles. The van der Waals surface area contributed by atoms with Gasteiger partial charge in [-0.1, -0.05) is 36.4 Å². The topological polar surface area (TPSA) is 68.3 Å². The van der Waals surface area contributed by atoms with Crippen LogP contribution in [0.15, 0.2) is 66.7 Å². The van der Waals surface area contributed by atoms with E-state index < -0.39 is 0 Å². The third-order valence-corrected chi connectivity index (χ3v) is 4.54. The number of aryl methyl sites for hydroxylation is 1. The molecule has 5 nitrogen and oxygen atoms in total. The van der Waals surface area contributed by atoms with Crippen molar-refractivity contribution in [3.63, 3.8) is 0 Å². The summed E-state index contributed by atoms with van der Waals surface area (Å²) in [6.07, 6.45) is 0.192. The van der Waals surface area contributed by atoms with E-state index in [9.17, 15) is 9.59 Å². The zero-order valence-corrected chi connectivity index (χ0v) is 14.8. The SMILES string of the molecule is Cc1cccc(NC(=O)c2ccc3c(c2)C[C@@H](c2ccccc2)OC3=O)n1. The number of fused-ring (bicyclic) bond motifs is 1. The summed E-state index contributed by atoms with van der Waals surface area (Å²) in [6.45, 7) is 1.86. The van der Waals surface area contributed by atoms with E-state index in [-0.39, 0.29) is 18.0 Å². The van der Waals surface area contributed by atoms with E-state index in [4.69, 9.17) is 4.74 Å². The number of carbonyl (C=O) groups excluding carboxylic acids is 2. The number of nitrogens with zero attached hydrogens (tertiary/aromatic N) is 1. The molecule has 1 amide bonds. The van der Waals surface area contributed by atoms with Crippen molar-refractivity contribution in [2.75, 3.05) is 5.32 Å². The van der Waals surface area contributed by atoms with Gasteiger partial charge in [-0.05, 0) is 48.4 Å². The molecule has 5 heteroatoms. The molecule has 1 aliphatic heterocycles. The largest absolute Gasteiger partial charge is 0.454 e. The van der Waals surface area contributed by atoms with Crippen molar-refractivity contribution in [1.82, 2.24) is 4.98 Å². The van der Waals surface area contributed by atoms with Crippen LogP contribution in [0.2, 0.25) is 0 Å². The van der Waals surface area contributed by atoms with Crippen LogP contribution >= 0.6 is 0 Å². The second-order valence-corrected chi connectivity index (χ2v) is 6.50. The first-order chi connectivity index (χ1) is 13.1. The first-order valence-electron chi connectivity index (χ1n) is 8.74. The Balaban J connectivity index is 1.59. The third kappa shape index (κ3) is 3.58. The molecule has 0 unspecified atom stereocenters. The summed E-state index contributed by atoms with van der Waals surface area (Å²) < 4.78 is 5.56. The first kappa shape index (κ1) is 17.0. The minimum absolute atomic E-state index is 0.258. The fourth-order valence-corrected chi connectivity index (χ4v) is 3.19. The average molecular weight is 358 g/mol. The van der Waals surface area contributed by atoms with E-state index in [1.54, 1.807) is 24.3 Å².